The highest BCUT2D eigenvalue weighted by atomic mass is 16.7. The molecule has 4 rings (SSSR count). The largest absolute Gasteiger partial charge is 0.447 e. The lowest BCUT2D eigenvalue weighted by atomic mass is 9.74. The van der Waals surface area contributed by atoms with Crippen molar-refractivity contribution in [1.29, 1.82) is 0 Å². The molecular formula is C36H66N4O9. The fourth-order valence-corrected chi connectivity index (χ4v) is 8.68. The van der Waals surface area contributed by atoms with Gasteiger partial charge in [-0.1, -0.05) is 13.8 Å². The molecule has 0 aromatic rings. The summed E-state index contributed by atoms with van der Waals surface area (Å²) in [7, 11) is 9.42. The monoisotopic (exact) mass is 698 g/mol. The maximum atomic E-state index is 14.4. The highest BCUT2D eigenvalue weighted by Crippen LogP contribution is 2.39. The van der Waals surface area contributed by atoms with Crippen molar-refractivity contribution in [2.75, 3.05) is 74.7 Å². The van der Waals surface area contributed by atoms with Gasteiger partial charge < -0.3 is 53.5 Å². The summed E-state index contributed by atoms with van der Waals surface area (Å²) in [6, 6.07) is -0.0840. The molecule has 284 valence electrons. The van der Waals surface area contributed by atoms with Gasteiger partial charge in [0, 0.05) is 45.2 Å². The number of Topliss-reactive ketones (excluding diaryl/α,β-unsaturated/α-hetero) is 1. The molecule has 11 atom stereocenters. The number of ether oxygens (including phenoxy) is 5. The average molecular weight is 699 g/mol. The number of piperidine rings is 1. The third-order valence-corrected chi connectivity index (χ3v) is 12.0. The smallest absolute Gasteiger partial charge is 0.409 e. The van der Waals surface area contributed by atoms with Crippen molar-refractivity contribution in [3.8, 4) is 0 Å². The average Bonchev–Trinajstić information content (AvgIpc) is 3.36. The van der Waals surface area contributed by atoms with Gasteiger partial charge in [-0.05, 0) is 99.4 Å². The van der Waals surface area contributed by atoms with Crippen LogP contribution >= 0.6 is 0 Å². The molecule has 4 saturated heterocycles. The van der Waals surface area contributed by atoms with Crippen LogP contribution in [0.4, 0.5) is 4.79 Å². The Morgan fingerprint density at radius 2 is 1.67 bits per heavy atom. The van der Waals surface area contributed by atoms with Crippen LogP contribution in [0.15, 0.2) is 0 Å². The maximum Gasteiger partial charge on any atom is 0.409 e. The van der Waals surface area contributed by atoms with Crippen LogP contribution in [0, 0.1) is 23.2 Å². The van der Waals surface area contributed by atoms with Crippen LogP contribution in [0.1, 0.15) is 67.2 Å². The van der Waals surface area contributed by atoms with E-state index in [2.05, 4.69) is 23.8 Å². The molecule has 0 aliphatic carbocycles. The van der Waals surface area contributed by atoms with Crippen molar-refractivity contribution in [2.24, 2.45) is 23.2 Å². The molecule has 0 bridgehead atoms. The molecule has 0 radical (unpaired) electrons. The van der Waals surface area contributed by atoms with Crippen LogP contribution in [-0.4, -0.2) is 171 Å². The molecule has 4 heterocycles. The molecule has 49 heavy (non-hydrogen) atoms. The van der Waals surface area contributed by atoms with E-state index in [-0.39, 0.29) is 42.0 Å². The minimum absolute atomic E-state index is 0.0264. The molecule has 0 saturated carbocycles. The standard InChI is InChI=1S/C36H66N4O9/c1-22-17-36(6,45-11)31(49-32-29(41)27(37(7)8)16-23(2)48-32)24(3)30(42)35(4,5)33(43)46-21-28(38(9)18-22)25-12-14-40(15-13-25)19-26-20-47-34(44)39(26)10/h22-29,31-33,41,43H,12-21H2,1-11H3/t22-,23-,24+,26-,27+,28-,29-,31-,32+,33-,36-/m1/s1. The Labute approximate surface area is 294 Å². The SMILES string of the molecule is CO[C@]1(C)C[C@@H](C)CN(C)[C@@H](C2CCN(C[C@@H]3COC(=O)N3C)CC2)CO[C@@H](O)C(C)(C)C(=O)[C@H](C)[C@H]1O[C@@H]1O[C@H](C)C[C@H](N(C)C)[C@H]1O. The summed E-state index contributed by atoms with van der Waals surface area (Å²) in [6.07, 6.45) is -1.26. The predicted octanol–water partition coefficient (Wildman–Crippen LogP) is 2.27. The van der Waals surface area contributed by atoms with Gasteiger partial charge >= 0.3 is 6.09 Å². The molecule has 0 aromatic heterocycles. The third-order valence-electron chi connectivity index (χ3n) is 12.0. The Balaban J connectivity index is 1.56. The first-order chi connectivity index (χ1) is 22.9. The Morgan fingerprint density at radius 3 is 2.24 bits per heavy atom. The fourth-order valence-electron chi connectivity index (χ4n) is 8.68. The molecule has 13 nitrogen and oxygen atoms in total. The second-order valence-electron chi connectivity index (χ2n) is 16.5. The molecule has 4 fully saturated rings. The van der Waals surface area contributed by atoms with Crippen LogP contribution in [-0.2, 0) is 28.5 Å². The number of ketones is 1. The molecule has 1 amide bonds. The number of likely N-dealkylation sites (N-methyl/N-ethyl adjacent to an activating group) is 3. The zero-order valence-corrected chi connectivity index (χ0v) is 32.0. The van der Waals surface area contributed by atoms with Gasteiger partial charge in [0.2, 0.25) is 0 Å². The number of cyclic esters (lactones) is 1. The molecule has 0 spiro atoms. The number of hydrogen-bond acceptors (Lipinski definition) is 12. The highest BCUT2D eigenvalue weighted by Gasteiger charge is 2.51. The topological polar surface area (TPSA) is 134 Å². The molecule has 0 unspecified atom stereocenters. The second kappa shape index (κ2) is 16.5. The number of hydrogen-bond donors (Lipinski definition) is 2. The van der Waals surface area contributed by atoms with Gasteiger partial charge in [0.15, 0.2) is 12.6 Å². The van der Waals surface area contributed by atoms with E-state index >= 15 is 0 Å². The summed E-state index contributed by atoms with van der Waals surface area (Å²) in [5, 5.41) is 22.9. The number of carbonyl (C=O) groups excluding carboxylic acids is 2. The number of likely N-dealkylation sites (tertiary alicyclic amines) is 1. The lowest BCUT2D eigenvalue weighted by molar-refractivity contribution is -0.296. The Morgan fingerprint density at radius 1 is 1.02 bits per heavy atom. The summed E-state index contributed by atoms with van der Waals surface area (Å²) in [5.41, 5.74) is -2.16. The van der Waals surface area contributed by atoms with E-state index in [4.69, 9.17) is 23.7 Å². The van der Waals surface area contributed by atoms with Crippen molar-refractivity contribution in [1.82, 2.24) is 19.6 Å². The van der Waals surface area contributed by atoms with Crippen molar-refractivity contribution >= 4 is 11.9 Å². The number of aliphatic hydroxyl groups is 2. The molecular weight excluding hydrogens is 632 g/mol. The van der Waals surface area contributed by atoms with Crippen LogP contribution < -0.4 is 0 Å². The number of amides is 1. The van der Waals surface area contributed by atoms with Gasteiger partial charge in [-0.3, -0.25) is 4.79 Å². The van der Waals surface area contributed by atoms with Gasteiger partial charge in [-0.2, -0.15) is 0 Å². The predicted molar refractivity (Wildman–Crippen MR) is 185 cm³/mol. The summed E-state index contributed by atoms with van der Waals surface area (Å²) < 4.78 is 30.6. The van der Waals surface area contributed by atoms with Crippen LogP contribution in [0.25, 0.3) is 0 Å². The zero-order valence-electron chi connectivity index (χ0n) is 32.0. The fraction of sp³-hybridized carbons (Fsp3) is 0.944. The quantitative estimate of drug-likeness (QED) is 0.404. The lowest BCUT2D eigenvalue weighted by Gasteiger charge is -2.47. The molecule has 4 aliphatic rings. The van der Waals surface area contributed by atoms with Gasteiger partial charge in [0.1, 0.15) is 18.5 Å². The number of nitrogens with zero attached hydrogens (tertiary/aromatic N) is 4. The number of rotatable bonds is 7. The summed E-state index contributed by atoms with van der Waals surface area (Å²) >= 11 is 0. The minimum Gasteiger partial charge on any atom is -0.447 e. The molecule has 13 heteroatoms. The van der Waals surface area contributed by atoms with E-state index in [0.717, 1.165) is 39.0 Å². The molecule has 4 aliphatic heterocycles. The lowest BCUT2D eigenvalue weighted by Crippen LogP contribution is -2.59. The third kappa shape index (κ3) is 9.15. The van der Waals surface area contributed by atoms with E-state index < -0.39 is 41.7 Å². The van der Waals surface area contributed by atoms with Gasteiger partial charge in [-0.15, -0.1) is 0 Å². The van der Waals surface area contributed by atoms with Gasteiger partial charge in [0.05, 0.1) is 35.9 Å². The highest BCUT2D eigenvalue weighted by molar-refractivity contribution is 5.87. The van der Waals surface area contributed by atoms with E-state index in [1.807, 2.05) is 39.8 Å². The van der Waals surface area contributed by atoms with Crippen LogP contribution in [0.2, 0.25) is 0 Å². The normalized spacial score (nSPS) is 41.3. The first-order valence-electron chi connectivity index (χ1n) is 18.3. The molecule has 2 N–H and O–H groups in total. The maximum absolute atomic E-state index is 14.4. The summed E-state index contributed by atoms with van der Waals surface area (Å²) in [4.78, 5) is 34.6. The number of aliphatic hydroxyl groups excluding tert-OH is 2. The Hall–Kier alpha value is -1.42. The van der Waals surface area contributed by atoms with Crippen LogP contribution in [0.3, 0.4) is 0 Å². The minimum atomic E-state index is -1.34. The first kappa shape index (κ1) is 40.4. The summed E-state index contributed by atoms with van der Waals surface area (Å²) in [5.74, 6) is -0.454. The first-order valence-corrected chi connectivity index (χ1v) is 18.3. The zero-order chi connectivity index (χ0) is 36.4. The van der Waals surface area contributed by atoms with Gasteiger partial charge in [0.25, 0.3) is 0 Å². The van der Waals surface area contributed by atoms with E-state index in [0.29, 0.717) is 32.0 Å². The van der Waals surface area contributed by atoms with Crippen molar-refractivity contribution in [3.05, 3.63) is 0 Å². The summed E-state index contributed by atoms with van der Waals surface area (Å²) in [6.45, 7) is 15.4. The van der Waals surface area contributed by atoms with E-state index in [1.165, 1.54) is 0 Å². The van der Waals surface area contributed by atoms with Crippen molar-refractivity contribution in [2.45, 2.75) is 122 Å². The Kier molecular flexibility index (Phi) is 13.6. The van der Waals surface area contributed by atoms with Crippen molar-refractivity contribution < 1.29 is 43.5 Å². The van der Waals surface area contributed by atoms with Crippen molar-refractivity contribution in [3.63, 3.8) is 0 Å². The number of carbonyl (C=O) groups is 2. The van der Waals surface area contributed by atoms with E-state index in [1.54, 1.807) is 32.9 Å². The number of methoxy groups -OCH3 is 1. The van der Waals surface area contributed by atoms with E-state index in [9.17, 15) is 19.8 Å². The molecule has 0 aromatic carbocycles. The Bertz CT molecular complexity index is 1100. The second-order valence-corrected chi connectivity index (χ2v) is 16.5. The van der Waals surface area contributed by atoms with Gasteiger partial charge in [-0.25, -0.2) is 4.79 Å². The van der Waals surface area contributed by atoms with Crippen LogP contribution in [0.5, 0.6) is 0 Å².